The average molecular weight is 372 g/mol. The van der Waals surface area contributed by atoms with Crippen molar-refractivity contribution in [2.75, 3.05) is 19.3 Å². The van der Waals surface area contributed by atoms with Crippen LogP contribution in [0.15, 0.2) is 59.5 Å². The van der Waals surface area contributed by atoms with Crippen molar-refractivity contribution in [2.24, 2.45) is 0 Å². The molecule has 3 aromatic rings. The molecule has 0 bridgehead atoms. The number of thiazole rings is 1. The van der Waals surface area contributed by atoms with Gasteiger partial charge in [-0.1, -0.05) is 30.3 Å². The number of amides is 2. The Morgan fingerprint density at radius 3 is 2.72 bits per heavy atom. The Hall–Kier alpha value is -2.05. The van der Waals surface area contributed by atoms with E-state index >= 15 is 0 Å². The summed E-state index contributed by atoms with van der Waals surface area (Å²) in [7, 11) is 1.81. The van der Waals surface area contributed by atoms with E-state index < -0.39 is 0 Å². The van der Waals surface area contributed by atoms with E-state index in [1.807, 2.05) is 48.2 Å². The van der Waals surface area contributed by atoms with Crippen molar-refractivity contribution in [1.82, 2.24) is 15.2 Å². The first-order valence-corrected chi connectivity index (χ1v) is 10.0. The Labute approximate surface area is 156 Å². The van der Waals surface area contributed by atoms with E-state index in [1.165, 1.54) is 4.90 Å². The summed E-state index contributed by atoms with van der Waals surface area (Å²) in [4.78, 5) is 19.7. The maximum atomic E-state index is 12.2. The Morgan fingerprint density at radius 2 is 1.92 bits per heavy atom. The molecule has 0 unspecified atom stereocenters. The van der Waals surface area contributed by atoms with Crippen LogP contribution in [0.3, 0.4) is 0 Å². The van der Waals surface area contributed by atoms with Gasteiger partial charge in [0.15, 0.2) is 0 Å². The molecule has 0 radical (unpaired) electrons. The van der Waals surface area contributed by atoms with Crippen molar-refractivity contribution >= 4 is 39.3 Å². The number of nitrogens with one attached hydrogen (secondary N) is 1. The molecule has 0 aliphatic heterocycles. The molecule has 0 aliphatic carbocycles. The van der Waals surface area contributed by atoms with Crippen LogP contribution in [0.5, 0.6) is 0 Å². The molecular weight excluding hydrogens is 350 g/mol. The predicted octanol–water partition coefficient (Wildman–Crippen LogP) is 4.62. The second-order valence-electron chi connectivity index (χ2n) is 5.68. The van der Waals surface area contributed by atoms with E-state index in [-0.39, 0.29) is 6.03 Å². The average Bonchev–Trinajstić information content (AvgIpc) is 3.04. The lowest BCUT2D eigenvalue weighted by Crippen LogP contribution is -2.37. The van der Waals surface area contributed by atoms with Gasteiger partial charge in [-0.25, -0.2) is 9.78 Å². The molecule has 130 valence electrons. The molecule has 4 nitrogen and oxygen atoms in total. The molecule has 0 saturated heterocycles. The first kappa shape index (κ1) is 17.8. The molecule has 0 fully saturated rings. The summed E-state index contributed by atoms with van der Waals surface area (Å²) in [5.41, 5.74) is 0.995. The molecule has 25 heavy (non-hydrogen) atoms. The summed E-state index contributed by atoms with van der Waals surface area (Å²) < 4.78 is 1.16. The van der Waals surface area contributed by atoms with Gasteiger partial charge in [-0.3, -0.25) is 0 Å². The van der Waals surface area contributed by atoms with Crippen LogP contribution in [0, 0.1) is 0 Å². The number of aromatic nitrogens is 1. The van der Waals surface area contributed by atoms with Crippen molar-refractivity contribution in [3.8, 4) is 0 Å². The number of carbonyl (C=O) groups is 1. The number of hydrogen-bond donors (Lipinski definition) is 1. The quantitative estimate of drug-likeness (QED) is 0.487. The van der Waals surface area contributed by atoms with Crippen LogP contribution in [0.4, 0.5) is 4.79 Å². The van der Waals surface area contributed by atoms with Crippen LogP contribution >= 0.6 is 23.1 Å². The minimum atomic E-state index is -0.0519. The van der Waals surface area contributed by atoms with Gasteiger partial charge in [0.1, 0.15) is 5.01 Å². The van der Waals surface area contributed by atoms with E-state index in [2.05, 4.69) is 28.5 Å². The largest absolute Gasteiger partial charge is 0.338 e. The first-order chi connectivity index (χ1) is 12.2. The number of urea groups is 1. The fourth-order valence-corrected chi connectivity index (χ4v) is 4.27. The van der Waals surface area contributed by atoms with E-state index in [0.29, 0.717) is 13.1 Å². The van der Waals surface area contributed by atoms with Crippen LogP contribution in [-0.4, -0.2) is 35.3 Å². The minimum Gasteiger partial charge on any atom is -0.338 e. The molecule has 1 N–H and O–H groups in total. The van der Waals surface area contributed by atoms with Crippen LogP contribution in [0.25, 0.3) is 10.2 Å². The summed E-state index contributed by atoms with van der Waals surface area (Å²) in [6.45, 7) is 1.22. The lowest BCUT2D eigenvalue weighted by molar-refractivity contribution is 0.207. The molecule has 1 aromatic heterocycles. The molecule has 0 aliphatic rings. The highest BCUT2D eigenvalue weighted by Gasteiger charge is 2.11. The highest BCUT2D eigenvalue weighted by molar-refractivity contribution is 7.99. The number of benzene rings is 2. The van der Waals surface area contributed by atoms with Gasteiger partial charge >= 0.3 is 6.03 Å². The molecular formula is C19H21N3OS2. The topological polar surface area (TPSA) is 45.2 Å². The summed E-state index contributed by atoms with van der Waals surface area (Å²) in [5, 5.41) is 3.93. The van der Waals surface area contributed by atoms with Crippen molar-refractivity contribution in [3.63, 3.8) is 0 Å². The smallest absolute Gasteiger partial charge is 0.317 e. The lowest BCUT2D eigenvalue weighted by atomic mass is 10.3. The van der Waals surface area contributed by atoms with E-state index in [4.69, 9.17) is 0 Å². The molecule has 0 saturated carbocycles. The minimum absolute atomic E-state index is 0.0519. The van der Waals surface area contributed by atoms with Gasteiger partial charge in [0.25, 0.3) is 0 Å². The monoisotopic (exact) mass is 371 g/mol. The second-order valence-corrected chi connectivity index (χ2v) is 7.96. The zero-order valence-electron chi connectivity index (χ0n) is 14.1. The maximum Gasteiger partial charge on any atom is 0.317 e. The number of hydrogen-bond acceptors (Lipinski definition) is 4. The van der Waals surface area contributed by atoms with Gasteiger partial charge in [0.05, 0.1) is 16.8 Å². The van der Waals surface area contributed by atoms with Gasteiger partial charge < -0.3 is 10.2 Å². The van der Waals surface area contributed by atoms with Crippen molar-refractivity contribution in [1.29, 1.82) is 0 Å². The Kier molecular flexibility index (Phi) is 6.30. The SMILES string of the molecule is CN(Cc1nc2ccccc2s1)C(=O)NCCCSc1ccccc1. The third kappa shape index (κ3) is 5.21. The predicted molar refractivity (Wildman–Crippen MR) is 106 cm³/mol. The highest BCUT2D eigenvalue weighted by Crippen LogP contribution is 2.22. The second kappa shape index (κ2) is 8.87. The Morgan fingerprint density at radius 1 is 1.16 bits per heavy atom. The van der Waals surface area contributed by atoms with Crippen molar-refractivity contribution in [3.05, 3.63) is 59.6 Å². The number of nitrogens with zero attached hydrogens (tertiary/aromatic N) is 2. The highest BCUT2D eigenvalue weighted by atomic mass is 32.2. The third-order valence-electron chi connectivity index (χ3n) is 3.67. The number of fused-ring (bicyclic) bond motifs is 1. The van der Waals surface area contributed by atoms with Gasteiger partial charge in [-0.05, 0) is 36.4 Å². The Bertz CT molecular complexity index is 787. The third-order valence-corrected chi connectivity index (χ3v) is 5.79. The zero-order valence-corrected chi connectivity index (χ0v) is 15.8. The molecule has 0 atom stereocenters. The Balaban J connectivity index is 1.38. The summed E-state index contributed by atoms with van der Waals surface area (Å²) in [6.07, 6.45) is 0.945. The number of para-hydroxylation sites is 1. The van der Waals surface area contributed by atoms with Crippen molar-refractivity contribution < 1.29 is 4.79 Å². The molecule has 3 rings (SSSR count). The molecule has 6 heteroatoms. The van der Waals surface area contributed by atoms with Crippen LogP contribution < -0.4 is 5.32 Å². The molecule has 1 heterocycles. The number of carbonyl (C=O) groups excluding carboxylic acids is 1. The van der Waals surface area contributed by atoms with E-state index in [9.17, 15) is 4.79 Å². The fraction of sp³-hybridized carbons (Fsp3) is 0.263. The molecule has 2 aromatic carbocycles. The maximum absolute atomic E-state index is 12.2. The fourth-order valence-electron chi connectivity index (χ4n) is 2.37. The van der Waals surface area contributed by atoms with Crippen LogP contribution in [0.2, 0.25) is 0 Å². The van der Waals surface area contributed by atoms with Crippen LogP contribution in [0.1, 0.15) is 11.4 Å². The zero-order chi connectivity index (χ0) is 17.5. The number of thioether (sulfide) groups is 1. The van der Waals surface area contributed by atoms with E-state index in [1.54, 1.807) is 23.3 Å². The molecule has 2 amide bonds. The van der Waals surface area contributed by atoms with Gasteiger partial charge in [-0.15, -0.1) is 23.1 Å². The normalized spacial score (nSPS) is 10.8. The van der Waals surface area contributed by atoms with Crippen molar-refractivity contribution in [2.45, 2.75) is 17.9 Å². The summed E-state index contributed by atoms with van der Waals surface area (Å²) >= 11 is 3.45. The standard InChI is InChI=1S/C19H21N3OS2/c1-22(14-18-21-16-10-5-6-11-17(16)25-18)19(23)20-12-7-13-24-15-8-3-2-4-9-15/h2-6,8-11H,7,12-14H2,1H3,(H,20,23). The number of rotatable bonds is 7. The van der Waals surface area contributed by atoms with Crippen LogP contribution in [-0.2, 0) is 6.54 Å². The molecule has 0 spiro atoms. The van der Waals surface area contributed by atoms with Gasteiger partial charge in [0.2, 0.25) is 0 Å². The summed E-state index contributed by atoms with van der Waals surface area (Å²) in [5.74, 6) is 0.992. The summed E-state index contributed by atoms with van der Waals surface area (Å²) in [6, 6.07) is 18.3. The van der Waals surface area contributed by atoms with Gasteiger partial charge in [-0.2, -0.15) is 0 Å². The first-order valence-electron chi connectivity index (χ1n) is 8.23. The van der Waals surface area contributed by atoms with E-state index in [0.717, 1.165) is 27.4 Å². The lowest BCUT2D eigenvalue weighted by Gasteiger charge is -2.16. The van der Waals surface area contributed by atoms with Gasteiger partial charge in [0, 0.05) is 18.5 Å².